The first-order chi connectivity index (χ1) is 6.75. The Bertz CT molecular complexity index is 210. The highest BCUT2D eigenvalue weighted by Crippen LogP contribution is 2.31. The molecule has 2 nitrogen and oxygen atoms in total. The summed E-state index contributed by atoms with van der Waals surface area (Å²) in [6.45, 7) is 4.18. The molecule has 0 aromatic rings. The predicted octanol–water partition coefficient (Wildman–Crippen LogP) is 1.99. The Labute approximate surface area is 86.5 Å². The van der Waals surface area contributed by atoms with E-state index in [0.29, 0.717) is 17.6 Å². The second-order valence-electron chi connectivity index (χ2n) is 5.16. The van der Waals surface area contributed by atoms with Crippen molar-refractivity contribution in [3.63, 3.8) is 0 Å². The average molecular weight is 195 g/mol. The lowest BCUT2D eigenvalue weighted by atomic mass is 9.78. The average Bonchev–Trinajstić information content (AvgIpc) is 1.99. The van der Waals surface area contributed by atoms with E-state index in [0.717, 1.165) is 25.4 Å². The zero-order chi connectivity index (χ0) is 9.97. The lowest BCUT2D eigenvalue weighted by molar-refractivity contribution is -0.125. The smallest absolute Gasteiger partial charge is 0.138 e. The Morgan fingerprint density at radius 2 is 2.14 bits per heavy atom. The summed E-state index contributed by atoms with van der Waals surface area (Å²) in [6.07, 6.45) is 6.14. The normalized spacial score (nSPS) is 33.8. The molecule has 0 aromatic carbocycles. The fourth-order valence-corrected chi connectivity index (χ4v) is 2.71. The van der Waals surface area contributed by atoms with Gasteiger partial charge in [0, 0.05) is 25.4 Å². The van der Waals surface area contributed by atoms with Crippen molar-refractivity contribution in [3.8, 4) is 0 Å². The van der Waals surface area contributed by atoms with Gasteiger partial charge in [0.15, 0.2) is 0 Å². The largest absolute Gasteiger partial charge is 0.315 e. The number of hydrogen-bond acceptors (Lipinski definition) is 2. The van der Waals surface area contributed by atoms with Crippen molar-refractivity contribution in [3.05, 3.63) is 0 Å². The van der Waals surface area contributed by atoms with Crippen molar-refractivity contribution in [2.45, 2.75) is 39.0 Å². The fraction of sp³-hybridized carbons (Fsp3) is 0.917. The molecular formula is C12H21NO. The predicted molar refractivity (Wildman–Crippen MR) is 57.1 cm³/mol. The number of rotatable bonds is 3. The summed E-state index contributed by atoms with van der Waals surface area (Å²) in [5.41, 5.74) is 0. The van der Waals surface area contributed by atoms with Gasteiger partial charge in [0.2, 0.25) is 0 Å². The third-order valence-corrected chi connectivity index (χ3v) is 3.77. The van der Waals surface area contributed by atoms with Crippen molar-refractivity contribution in [1.29, 1.82) is 0 Å². The van der Waals surface area contributed by atoms with E-state index >= 15 is 0 Å². The van der Waals surface area contributed by atoms with Gasteiger partial charge in [-0.15, -0.1) is 0 Å². The van der Waals surface area contributed by atoms with Crippen LogP contribution in [-0.2, 0) is 4.79 Å². The molecule has 1 saturated heterocycles. The molecule has 2 heteroatoms. The van der Waals surface area contributed by atoms with Gasteiger partial charge in [0.1, 0.15) is 5.78 Å². The molecule has 14 heavy (non-hydrogen) atoms. The summed E-state index contributed by atoms with van der Waals surface area (Å²) < 4.78 is 0. The third-order valence-electron chi connectivity index (χ3n) is 3.77. The number of carbonyl (C=O) groups is 1. The Kier molecular flexibility index (Phi) is 3.22. The van der Waals surface area contributed by atoms with Gasteiger partial charge >= 0.3 is 0 Å². The lowest BCUT2D eigenvalue weighted by Gasteiger charge is -2.30. The molecule has 1 saturated carbocycles. The van der Waals surface area contributed by atoms with Gasteiger partial charge in [-0.3, -0.25) is 4.79 Å². The molecule has 0 radical (unpaired) electrons. The number of hydrogen-bond donors (Lipinski definition) is 1. The van der Waals surface area contributed by atoms with Crippen LogP contribution in [0.1, 0.15) is 39.0 Å². The molecule has 1 aliphatic carbocycles. The van der Waals surface area contributed by atoms with Crippen LogP contribution in [0.4, 0.5) is 0 Å². The number of Topliss-reactive ketones (excluding diaryl/α,β-unsaturated/α-hetero) is 1. The van der Waals surface area contributed by atoms with E-state index in [9.17, 15) is 4.79 Å². The maximum Gasteiger partial charge on any atom is 0.138 e. The van der Waals surface area contributed by atoms with E-state index in [-0.39, 0.29) is 0 Å². The van der Waals surface area contributed by atoms with E-state index in [2.05, 4.69) is 12.2 Å². The topological polar surface area (TPSA) is 29.1 Å². The highest BCUT2D eigenvalue weighted by molar-refractivity contribution is 5.82. The zero-order valence-corrected chi connectivity index (χ0v) is 9.09. The SMILES string of the molecule is CC1CCCC(CC(=O)C2CNC2)C1. The molecule has 80 valence electrons. The van der Waals surface area contributed by atoms with E-state index < -0.39 is 0 Å². The van der Waals surface area contributed by atoms with Crippen LogP contribution in [-0.4, -0.2) is 18.9 Å². The van der Waals surface area contributed by atoms with Gasteiger partial charge in [-0.25, -0.2) is 0 Å². The number of ketones is 1. The minimum atomic E-state index is 0.354. The molecule has 0 bridgehead atoms. The first-order valence-electron chi connectivity index (χ1n) is 5.99. The second kappa shape index (κ2) is 4.43. The Morgan fingerprint density at radius 1 is 1.36 bits per heavy atom. The highest BCUT2D eigenvalue weighted by atomic mass is 16.1. The summed E-state index contributed by atoms with van der Waals surface area (Å²) in [5.74, 6) is 2.42. The monoisotopic (exact) mass is 195 g/mol. The van der Waals surface area contributed by atoms with Gasteiger partial charge in [-0.05, 0) is 18.3 Å². The van der Waals surface area contributed by atoms with Crippen molar-refractivity contribution < 1.29 is 4.79 Å². The molecular weight excluding hydrogens is 174 g/mol. The zero-order valence-electron chi connectivity index (χ0n) is 9.09. The minimum absolute atomic E-state index is 0.354. The van der Waals surface area contributed by atoms with Crippen LogP contribution < -0.4 is 5.32 Å². The number of nitrogens with one attached hydrogen (secondary N) is 1. The third kappa shape index (κ3) is 2.35. The van der Waals surface area contributed by atoms with E-state index in [1.54, 1.807) is 0 Å². The maximum absolute atomic E-state index is 11.8. The molecule has 1 aliphatic heterocycles. The van der Waals surface area contributed by atoms with Gasteiger partial charge in [-0.2, -0.15) is 0 Å². The van der Waals surface area contributed by atoms with Crippen molar-refractivity contribution in [2.75, 3.05) is 13.1 Å². The van der Waals surface area contributed by atoms with Crippen molar-refractivity contribution in [1.82, 2.24) is 5.32 Å². The van der Waals surface area contributed by atoms with Crippen LogP contribution in [0.3, 0.4) is 0 Å². The molecule has 2 unspecified atom stereocenters. The van der Waals surface area contributed by atoms with Gasteiger partial charge < -0.3 is 5.32 Å². The summed E-state index contributed by atoms with van der Waals surface area (Å²) in [6, 6.07) is 0. The number of carbonyl (C=O) groups excluding carboxylic acids is 1. The summed E-state index contributed by atoms with van der Waals surface area (Å²) >= 11 is 0. The fourth-order valence-electron chi connectivity index (χ4n) is 2.71. The molecule has 1 N–H and O–H groups in total. The second-order valence-corrected chi connectivity index (χ2v) is 5.16. The maximum atomic E-state index is 11.8. The van der Waals surface area contributed by atoms with E-state index in [1.807, 2.05) is 0 Å². The molecule has 2 fully saturated rings. The first kappa shape index (κ1) is 10.2. The Morgan fingerprint density at radius 3 is 2.71 bits per heavy atom. The van der Waals surface area contributed by atoms with Crippen molar-refractivity contribution in [2.24, 2.45) is 17.8 Å². The molecule has 0 spiro atoms. The van der Waals surface area contributed by atoms with Gasteiger partial charge in [0.05, 0.1) is 0 Å². The van der Waals surface area contributed by atoms with Crippen LogP contribution in [0.25, 0.3) is 0 Å². The molecule has 2 rings (SSSR count). The summed E-state index contributed by atoms with van der Waals surface area (Å²) in [4.78, 5) is 11.8. The van der Waals surface area contributed by atoms with Gasteiger partial charge in [0.25, 0.3) is 0 Å². The van der Waals surface area contributed by atoms with Crippen LogP contribution >= 0.6 is 0 Å². The highest BCUT2D eigenvalue weighted by Gasteiger charge is 2.28. The van der Waals surface area contributed by atoms with Crippen LogP contribution in [0.15, 0.2) is 0 Å². The molecule has 2 aliphatic rings. The molecule has 0 aromatic heterocycles. The lowest BCUT2D eigenvalue weighted by Crippen LogP contribution is -2.47. The van der Waals surface area contributed by atoms with Crippen LogP contribution in [0, 0.1) is 17.8 Å². The molecule has 0 amide bonds. The van der Waals surface area contributed by atoms with Crippen LogP contribution in [0.2, 0.25) is 0 Å². The van der Waals surface area contributed by atoms with Crippen molar-refractivity contribution >= 4 is 5.78 Å². The summed E-state index contributed by atoms with van der Waals surface area (Å²) in [7, 11) is 0. The Hall–Kier alpha value is -0.370. The summed E-state index contributed by atoms with van der Waals surface area (Å²) in [5, 5.41) is 3.17. The standard InChI is InChI=1S/C12H21NO/c1-9-3-2-4-10(5-9)6-12(14)11-7-13-8-11/h9-11,13H,2-8H2,1H3. The molecule has 1 heterocycles. The van der Waals surface area contributed by atoms with E-state index in [4.69, 9.17) is 0 Å². The first-order valence-corrected chi connectivity index (χ1v) is 5.99. The van der Waals surface area contributed by atoms with E-state index in [1.165, 1.54) is 25.7 Å². The minimum Gasteiger partial charge on any atom is -0.315 e. The van der Waals surface area contributed by atoms with Gasteiger partial charge in [-0.1, -0.05) is 26.2 Å². The quantitative estimate of drug-likeness (QED) is 0.746. The molecule has 2 atom stereocenters. The van der Waals surface area contributed by atoms with Crippen LogP contribution in [0.5, 0.6) is 0 Å². The Balaban J connectivity index is 1.75.